The van der Waals surface area contributed by atoms with Crippen molar-refractivity contribution in [3.05, 3.63) is 52.0 Å². The molecule has 1 saturated carbocycles. The number of benzene rings is 1. The van der Waals surface area contributed by atoms with Crippen molar-refractivity contribution >= 4 is 27.3 Å². The van der Waals surface area contributed by atoms with E-state index in [1.165, 1.54) is 16.4 Å². The number of carbonyl (C=O) groups excluding carboxylic acids is 1. The minimum Gasteiger partial charge on any atom is -0.379 e. The number of sulfonamides is 1. The van der Waals surface area contributed by atoms with Crippen molar-refractivity contribution < 1.29 is 22.3 Å². The third-order valence-electron chi connectivity index (χ3n) is 4.92. The lowest BCUT2D eigenvalue weighted by Crippen LogP contribution is -2.41. The molecule has 28 heavy (non-hydrogen) atoms. The Balaban J connectivity index is 1.63. The number of hydrogen-bond donors (Lipinski definition) is 0. The van der Waals surface area contributed by atoms with Crippen LogP contribution in [0.4, 0.5) is 4.39 Å². The van der Waals surface area contributed by atoms with Crippen molar-refractivity contribution in [1.82, 2.24) is 9.21 Å². The fourth-order valence-electron chi connectivity index (χ4n) is 3.25. The van der Waals surface area contributed by atoms with E-state index in [4.69, 9.17) is 4.74 Å². The lowest BCUT2D eigenvalue weighted by Gasteiger charge is -2.26. The van der Waals surface area contributed by atoms with E-state index in [0.717, 1.165) is 23.8 Å². The molecule has 1 amide bonds. The van der Waals surface area contributed by atoms with E-state index in [-0.39, 0.29) is 43.8 Å². The lowest BCUT2D eigenvalue weighted by atomic mass is 10.2. The number of amides is 1. The van der Waals surface area contributed by atoms with Gasteiger partial charge in [0.2, 0.25) is 10.0 Å². The summed E-state index contributed by atoms with van der Waals surface area (Å²) >= 11 is 1.57. The Morgan fingerprint density at radius 1 is 1.25 bits per heavy atom. The van der Waals surface area contributed by atoms with Crippen molar-refractivity contribution in [3.63, 3.8) is 0 Å². The average Bonchev–Trinajstić information content (AvgIpc) is 3.42. The van der Waals surface area contributed by atoms with Gasteiger partial charge in [-0.3, -0.25) is 4.79 Å². The van der Waals surface area contributed by atoms with E-state index >= 15 is 0 Å². The zero-order valence-electron chi connectivity index (χ0n) is 15.2. The van der Waals surface area contributed by atoms with E-state index < -0.39 is 20.7 Å². The molecule has 0 unspecified atom stereocenters. The Labute approximate surface area is 167 Å². The molecule has 1 saturated heterocycles. The monoisotopic (exact) mass is 424 g/mol. The second-order valence-corrected chi connectivity index (χ2v) is 9.84. The van der Waals surface area contributed by atoms with Gasteiger partial charge in [0.05, 0.1) is 19.8 Å². The van der Waals surface area contributed by atoms with E-state index in [0.29, 0.717) is 6.54 Å². The molecule has 0 atom stereocenters. The zero-order valence-corrected chi connectivity index (χ0v) is 16.8. The molecule has 0 bridgehead atoms. The van der Waals surface area contributed by atoms with E-state index in [1.54, 1.807) is 16.2 Å². The normalized spacial score (nSPS) is 18.2. The van der Waals surface area contributed by atoms with Gasteiger partial charge in [-0.15, -0.1) is 11.3 Å². The average molecular weight is 425 g/mol. The van der Waals surface area contributed by atoms with E-state index in [2.05, 4.69) is 0 Å². The van der Waals surface area contributed by atoms with Crippen LogP contribution in [0.5, 0.6) is 0 Å². The van der Waals surface area contributed by atoms with Crippen molar-refractivity contribution in [1.29, 1.82) is 0 Å². The first-order chi connectivity index (χ1) is 13.5. The lowest BCUT2D eigenvalue weighted by molar-refractivity contribution is 0.0725. The smallest absolute Gasteiger partial charge is 0.254 e. The van der Waals surface area contributed by atoms with Gasteiger partial charge >= 0.3 is 0 Å². The molecule has 1 aromatic carbocycles. The number of thiophene rings is 1. The molecular weight excluding hydrogens is 403 g/mol. The Morgan fingerprint density at radius 3 is 2.64 bits per heavy atom. The largest absolute Gasteiger partial charge is 0.379 e. The maximum Gasteiger partial charge on any atom is 0.254 e. The molecule has 0 spiro atoms. The topological polar surface area (TPSA) is 66.9 Å². The maximum atomic E-state index is 14.4. The second-order valence-electron chi connectivity index (χ2n) is 6.91. The molecule has 1 aliphatic carbocycles. The predicted molar refractivity (Wildman–Crippen MR) is 103 cm³/mol. The van der Waals surface area contributed by atoms with Gasteiger partial charge < -0.3 is 9.64 Å². The van der Waals surface area contributed by atoms with Gasteiger partial charge in [-0.1, -0.05) is 6.07 Å². The minimum atomic E-state index is -4.02. The van der Waals surface area contributed by atoms with Gasteiger partial charge in [-0.2, -0.15) is 4.31 Å². The summed E-state index contributed by atoms with van der Waals surface area (Å²) in [6.45, 7) is 1.37. The van der Waals surface area contributed by atoms with Crippen LogP contribution in [-0.4, -0.2) is 55.9 Å². The molecule has 2 aromatic rings. The summed E-state index contributed by atoms with van der Waals surface area (Å²) in [7, 11) is -4.02. The third kappa shape index (κ3) is 3.98. The number of carbonyl (C=O) groups is 1. The number of rotatable bonds is 6. The van der Waals surface area contributed by atoms with Crippen molar-refractivity contribution in [2.45, 2.75) is 30.3 Å². The molecule has 0 radical (unpaired) electrons. The fraction of sp³-hybridized carbons (Fsp3) is 0.421. The Bertz CT molecular complexity index is 952. The zero-order chi connectivity index (χ0) is 19.7. The summed E-state index contributed by atoms with van der Waals surface area (Å²) in [6.07, 6.45) is 1.86. The molecule has 6 nitrogen and oxygen atoms in total. The molecule has 1 aromatic heterocycles. The predicted octanol–water partition coefficient (Wildman–Crippen LogP) is 2.71. The van der Waals surface area contributed by atoms with Crippen LogP contribution in [0.1, 0.15) is 28.1 Å². The van der Waals surface area contributed by atoms with Crippen LogP contribution >= 0.6 is 11.3 Å². The molecule has 4 rings (SSSR count). The molecule has 2 heterocycles. The van der Waals surface area contributed by atoms with Crippen molar-refractivity contribution in [2.24, 2.45) is 0 Å². The summed E-state index contributed by atoms with van der Waals surface area (Å²) in [5, 5.41) is 1.95. The van der Waals surface area contributed by atoms with Crippen LogP contribution in [0.15, 0.2) is 40.6 Å². The maximum absolute atomic E-state index is 14.4. The molecular formula is C19H21FN2O4S2. The highest BCUT2D eigenvalue weighted by molar-refractivity contribution is 7.89. The molecule has 2 fully saturated rings. The van der Waals surface area contributed by atoms with Gasteiger partial charge in [-0.05, 0) is 42.5 Å². The van der Waals surface area contributed by atoms with Crippen LogP contribution in [0.25, 0.3) is 0 Å². The number of halogens is 1. The van der Waals surface area contributed by atoms with E-state index in [9.17, 15) is 17.6 Å². The summed E-state index contributed by atoms with van der Waals surface area (Å²) in [5.74, 6) is -1.12. The van der Waals surface area contributed by atoms with Crippen molar-refractivity contribution in [2.75, 3.05) is 26.3 Å². The SMILES string of the molecule is O=C(c1ccc(F)c(S(=O)(=O)N2CCOCC2)c1)N(Cc1cccs1)C1CC1. The van der Waals surface area contributed by atoms with Gasteiger partial charge in [0.1, 0.15) is 10.7 Å². The summed E-state index contributed by atoms with van der Waals surface area (Å²) < 4.78 is 46.5. The summed E-state index contributed by atoms with van der Waals surface area (Å²) in [4.78, 5) is 15.5. The van der Waals surface area contributed by atoms with Gasteiger partial charge in [0.15, 0.2) is 0 Å². The highest BCUT2D eigenvalue weighted by atomic mass is 32.2. The first-order valence-electron chi connectivity index (χ1n) is 9.17. The van der Waals surface area contributed by atoms with Gasteiger partial charge in [0, 0.05) is 29.6 Å². The molecule has 0 N–H and O–H groups in total. The first kappa shape index (κ1) is 19.5. The van der Waals surface area contributed by atoms with Crippen LogP contribution in [0, 0.1) is 5.82 Å². The van der Waals surface area contributed by atoms with Crippen LogP contribution in [0.3, 0.4) is 0 Å². The minimum absolute atomic E-state index is 0.152. The van der Waals surface area contributed by atoms with Gasteiger partial charge in [-0.25, -0.2) is 12.8 Å². The third-order valence-corrected chi connectivity index (χ3v) is 7.70. The summed E-state index contributed by atoms with van der Waals surface area (Å²) in [6, 6.07) is 7.65. The molecule has 2 aliphatic rings. The summed E-state index contributed by atoms with van der Waals surface area (Å²) in [5.41, 5.74) is 0.191. The standard InChI is InChI=1S/C19H21FN2O4S2/c20-17-6-3-14(12-18(17)28(24,25)21-7-9-26-10-8-21)19(23)22(15-4-5-15)13-16-2-1-11-27-16/h1-3,6,11-12,15H,4-5,7-10,13H2. The first-order valence-corrected chi connectivity index (χ1v) is 11.5. The highest BCUT2D eigenvalue weighted by Gasteiger charge is 2.35. The number of nitrogens with zero attached hydrogens (tertiary/aromatic N) is 2. The molecule has 150 valence electrons. The Morgan fingerprint density at radius 2 is 2.00 bits per heavy atom. The van der Waals surface area contributed by atoms with Crippen molar-refractivity contribution in [3.8, 4) is 0 Å². The quantitative estimate of drug-likeness (QED) is 0.715. The Hall–Kier alpha value is -1.81. The Kier molecular flexibility index (Phi) is 5.50. The molecule has 1 aliphatic heterocycles. The number of morpholine rings is 1. The van der Waals surface area contributed by atoms with Crippen LogP contribution in [-0.2, 0) is 21.3 Å². The fourth-order valence-corrected chi connectivity index (χ4v) is 5.45. The van der Waals surface area contributed by atoms with E-state index in [1.807, 2.05) is 17.5 Å². The number of ether oxygens (including phenoxy) is 1. The highest BCUT2D eigenvalue weighted by Crippen LogP contribution is 2.31. The van der Waals surface area contributed by atoms with Crippen LogP contribution < -0.4 is 0 Å². The second kappa shape index (κ2) is 7.90. The number of hydrogen-bond acceptors (Lipinski definition) is 5. The van der Waals surface area contributed by atoms with Gasteiger partial charge in [0.25, 0.3) is 5.91 Å². The molecule has 9 heteroatoms. The van der Waals surface area contributed by atoms with Crippen LogP contribution in [0.2, 0.25) is 0 Å².